The molecule has 1 aliphatic heterocycles. The molecule has 0 bridgehead atoms. The molecule has 0 radical (unpaired) electrons. The largest absolute Gasteiger partial charge is 0.508 e. The van der Waals surface area contributed by atoms with E-state index in [-0.39, 0.29) is 29.9 Å². The molecule has 37 heavy (non-hydrogen) atoms. The van der Waals surface area contributed by atoms with E-state index in [0.717, 1.165) is 53.0 Å². The average molecular weight is 522 g/mol. The Morgan fingerprint density at radius 3 is 2.51 bits per heavy atom. The van der Waals surface area contributed by atoms with Crippen LogP contribution in [-0.2, 0) is 0 Å². The Kier molecular flexibility index (Phi) is 7.26. The summed E-state index contributed by atoms with van der Waals surface area (Å²) in [5, 5.41) is 10.9. The average Bonchev–Trinajstić information content (AvgIpc) is 3.48. The molecule has 4 nitrogen and oxygen atoms in total. The number of rotatable bonds is 8. The van der Waals surface area contributed by atoms with Crippen LogP contribution in [-0.4, -0.2) is 48.7 Å². The summed E-state index contributed by atoms with van der Waals surface area (Å²) in [6.07, 6.45) is 0.898. The van der Waals surface area contributed by atoms with Crippen molar-refractivity contribution < 1.29 is 23.4 Å². The highest BCUT2D eigenvalue weighted by Gasteiger charge is 2.25. The molecular formula is C30H29F2NO3S. The van der Waals surface area contributed by atoms with Crippen LogP contribution in [0.3, 0.4) is 0 Å². The number of benzene rings is 3. The number of phenols is 1. The van der Waals surface area contributed by atoms with Crippen LogP contribution in [0.1, 0.15) is 32.8 Å². The Morgan fingerprint density at radius 1 is 1.11 bits per heavy atom. The highest BCUT2D eigenvalue weighted by atomic mass is 32.1. The van der Waals surface area contributed by atoms with Gasteiger partial charge in [0.1, 0.15) is 23.9 Å². The van der Waals surface area contributed by atoms with Gasteiger partial charge in [0.25, 0.3) is 0 Å². The third-order valence-corrected chi connectivity index (χ3v) is 8.16. The number of fused-ring (bicyclic) bond motifs is 1. The standard InChI is InChI=1S/C30H29F2NO3S/c1-18-13-22(32)14-19(2)27(18)29(35)30-28(25-8-5-23(34)15-26(25)37-30)21-3-6-24(7-4-21)36-12-11-33-10-9-20(16-31)17-33/h3-8,13-15,20,34H,9-12,16-17H2,1-2H3/t20-/m0/s1. The van der Waals surface area contributed by atoms with Crippen molar-refractivity contribution in [1.82, 2.24) is 4.90 Å². The van der Waals surface area contributed by atoms with Crippen LogP contribution >= 0.6 is 11.3 Å². The number of nitrogens with zero attached hydrogens (tertiary/aromatic N) is 1. The predicted octanol–water partition coefficient (Wildman–Crippen LogP) is 6.93. The van der Waals surface area contributed by atoms with Crippen LogP contribution < -0.4 is 4.74 Å². The maximum absolute atomic E-state index is 13.9. The first-order chi connectivity index (χ1) is 17.8. The fourth-order valence-electron chi connectivity index (χ4n) is 5.17. The molecule has 0 unspecified atom stereocenters. The van der Waals surface area contributed by atoms with Gasteiger partial charge in [0, 0.05) is 40.2 Å². The molecule has 192 valence electrons. The number of likely N-dealkylation sites (tertiary alicyclic amines) is 1. The normalized spacial score (nSPS) is 15.9. The maximum Gasteiger partial charge on any atom is 0.204 e. The first kappa shape index (κ1) is 25.4. The molecule has 0 saturated carbocycles. The van der Waals surface area contributed by atoms with Gasteiger partial charge in [-0.2, -0.15) is 0 Å². The lowest BCUT2D eigenvalue weighted by atomic mass is 9.94. The highest BCUT2D eigenvalue weighted by molar-refractivity contribution is 7.21. The van der Waals surface area contributed by atoms with Gasteiger partial charge < -0.3 is 9.84 Å². The molecule has 1 aliphatic rings. The van der Waals surface area contributed by atoms with Gasteiger partial charge in [-0.3, -0.25) is 14.1 Å². The number of ketones is 1. The van der Waals surface area contributed by atoms with Gasteiger partial charge in [-0.15, -0.1) is 11.3 Å². The number of carbonyl (C=O) groups is 1. The quantitative estimate of drug-likeness (QED) is 0.256. The van der Waals surface area contributed by atoms with Crippen molar-refractivity contribution in [1.29, 1.82) is 0 Å². The number of carbonyl (C=O) groups excluding carboxylic acids is 1. The fraction of sp³-hybridized carbons (Fsp3) is 0.300. The number of halogens is 2. The van der Waals surface area contributed by atoms with E-state index in [4.69, 9.17) is 4.74 Å². The minimum absolute atomic E-state index is 0.132. The Labute approximate surface area is 219 Å². The second kappa shape index (κ2) is 10.6. The number of hydrogen-bond donors (Lipinski definition) is 1. The summed E-state index contributed by atoms with van der Waals surface area (Å²) in [5.74, 6) is 0.466. The highest BCUT2D eigenvalue weighted by Crippen LogP contribution is 2.42. The van der Waals surface area contributed by atoms with Crippen molar-refractivity contribution in [3.05, 3.63) is 82.0 Å². The van der Waals surface area contributed by atoms with Crippen molar-refractivity contribution in [3.8, 4) is 22.6 Å². The zero-order valence-corrected chi connectivity index (χ0v) is 21.7. The van der Waals surface area contributed by atoms with Gasteiger partial charge in [0.15, 0.2) is 0 Å². The Morgan fingerprint density at radius 2 is 1.84 bits per heavy atom. The van der Waals surface area contributed by atoms with E-state index in [2.05, 4.69) is 4.90 Å². The number of aryl methyl sites for hydroxylation is 2. The lowest BCUT2D eigenvalue weighted by molar-refractivity contribution is 0.104. The van der Waals surface area contributed by atoms with Crippen molar-refractivity contribution in [2.75, 3.05) is 32.9 Å². The number of alkyl halides is 1. The van der Waals surface area contributed by atoms with Crippen molar-refractivity contribution in [2.24, 2.45) is 5.92 Å². The van der Waals surface area contributed by atoms with E-state index in [9.17, 15) is 18.7 Å². The third-order valence-electron chi connectivity index (χ3n) is 7.01. The van der Waals surface area contributed by atoms with Crippen LogP contribution in [0, 0.1) is 25.6 Å². The van der Waals surface area contributed by atoms with Gasteiger partial charge in [0.2, 0.25) is 5.78 Å². The van der Waals surface area contributed by atoms with Crippen molar-refractivity contribution in [2.45, 2.75) is 20.3 Å². The number of phenolic OH excluding ortho intramolecular Hbond substituents is 1. The second-order valence-electron chi connectivity index (χ2n) is 9.71. The summed E-state index contributed by atoms with van der Waals surface area (Å²) in [6, 6.07) is 15.5. The van der Waals surface area contributed by atoms with Crippen LogP contribution in [0.4, 0.5) is 8.78 Å². The van der Waals surface area contributed by atoms with E-state index in [1.165, 1.54) is 23.5 Å². The summed E-state index contributed by atoms with van der Waals surface area (Å²) < 4.78 is 33.5. The number of thiophene rings is 1. The number of aromatic hydroxyl groups is 1. The molecule has 1 aromatic heterocycles. The van der Waals surface area contributed by atoms with Crippen LogP contribution in [0.5, 0.6) is 11.5 Å². The second-order valence-corrected chi connectivity index (χ2v) is 10.8. The zero-order valence-electron chi connectivity index (χ0n) is 20.9. The van der Waals surface area contributed by atoms with Gasteiger partial charge in [-0.1, -0.05) is 12.1 Å². The lowest BCUT2D eigenvalue weighted by Gasteiger charge is -2.16. The monoisotopic (exact) mass is 521 g/mol. The predicted molar refractivity (Wildman–Crippen MR) is 144 cm³/mol. The lowest BCUT2D eigenvalue weighted by Crippen LogP contribution is -2.26. The number of hydrogen-bond acceptors (Lipinski definition) is 5. The Bertz CT molecular complexity index is 1420. The molecule has 1 N–H and O–H groups in total. The molecule has 4 aromatic rings. The Balaban J connectivity index is 1.43. The van der Waals surface area contributed by atoms with Gasteiger partial charge >= 0.3 is 0 Å². The molecule has 2 heterocycles. The fourth-order valence-corrected chi connectivity index (χ4v) is 6.37. The minimum Gasteiger partial charge on any atom is -0.508 e. The molecule has 7 heteroatoms. The summed E-state index contributed by atoms with van der Waals surface area (Å²) in [5.41, 5.74) is 3.32. The molecule has 0 spiro atoms. The molecule has 3 aromatic carbocycles. The molecule has 0 aliphatic carbocycles. The molecule has 5 rings (SSSR count). The van der Waals surface area contributed by atoms with E-state index in [1.54, 1.807) is 26.0 Å². The maximum atomic E-state index is 13.9. The topological polar surface area (TPSA) is 49.8 Å². The van der Waals surface area contributed by atoms with E-state index >= 15 is 0 Å². The SMILES string of the molecule is Cc1cc(F)cc(C)c1C(=O)c1sc2cc(O)ccc2c1-c1ccc(OCCN2CC[C@@H](CF)C2)cc1. The van der Waals surface area contributed by atoms with Crippen molar-refractivity contribution >= 4 is 27.2 Å². The molecular weight excluding hydrogens is 492 g/mol. The van der Waals surface area contributed by atoms with Crippen LogP contribution in [0.25, 0.3) is 21.2 Å². The van der Waals surface area contributed by atoms with Gasteiger partial charge in [-0.05, 0) is 86.0 Å². The Hall–Kier alpha value is -3.29. The molecule has 1 fully saturated rings. The summed E-state index contributed by atoms with van der Waals surface area (Å²) >= 11 is 1.32. The third kappa shape index (κ3) is 5.24. The smallest absolute Gasteiger partial charge is 0.204 e. The van der Waals surface area contributed by atoms with Gasteiger partial charge in [-0.25, -0.2) is 4.39 Å². The van der Waals surface area contributed by atoms with E-state index in [0.29, 0.717) is 28.2 Å². The summed E-state index contributed by atoms with van der Waals surface area (Å²) in [7, 11) is 0. The first-order valence-electron chi connectivity index (χ1n) is 12.4. The first-order valence-corrected chi connectivity index (χ1v) is 13.2. The summed E-state index contributed by atoms with van der Waals surface area (Å²) in [4.78, 5) is 16.6. The molecule has 0 amide bonds. The molecule has 1 atom stereocenters. The minimum atomic E-state index is -0.365. The van der Waals surface area contributed by atoms with Crippen LogP contribution in [0.2, 0.25) is 0 Å². The zero-order chi connectivity index (χ0) is 26.1. The van der Waals surface area contributed by atoms with E-state index < -0.39 is 0 Å². The van der Waals surface area contributed by atoms with Crippen molar-refractivity contribution in [3.63, 3.8) is 0 Å². The summed E-state index contributed by atoms with van der Waals surface area (Å²) in [6.45, 7) is 6.19. The number of ether oxygens (including phenoxy) is 1. The van der Waals surface area contributed by atoms with Crippen LogP contribution in [0.15, 0.2) is 54.6 Å². The molecule has 1 saturated heterocycles. The van der Waals surface area contributed by atoms with E-state index in [1.807, 2.05) is 30.3 Å². The van der Waals surface area contributed by atoms with Gasteiger partial charge in [0.05, 0.1) is 11.6 Å².